The lowest BCUT2D eigenvalue weighted by Gasteiger charge is -2.21. The zero-order valence-corrected chi connectivity index (χ0v) is 12.8. The van der Waals surface area contributed by atoms with Gasteiger partial charge in [-0.2, -0.15) is 0 Å². The molecular weight excluding hydrogens is 226 g/mol. The molecule has 0 aromatic heterocycles. The first-order valence-corrected chi connectivity index (χ1v) is 7.41. The first-order valence-electron chi connectivity index (χ1n) is 7.41. The van der Waals surface area contributed by atoms with Gasteiger partial charge < -0.3 is 10.1 Å². The van der Waals surface area contributed by atoms with Gasteiger partial charge in [-0.1, -0.05) is 41.0 Å². The molecule has 0 fully saturated rings. The van der Waals surface area contributed by atoms with Gasteiger partial charge in [0.25, 0.3) is 0 Å². The van der Waals surface area contributed by atoms with E-state index in [0.717, 1.165) is 24.7 Å². The Balaban J connectivity index is 3.70. The van der Waals surface area contributed by atoms with Gasteiger partial charge >= 0.3 is 6.09 Å². The SMILES string of the molecule is CCCNC(=O)OCC(C)CC[C@H](CC)C(C)C. The normalized spacial score (nSPS) is 14.3. The summed E-state index contributed by atoms with van der Waals surface area (Å²) in [7, 11) is 0. The number of ether oxygens (including phenoxy) is 1. The van der Waals surface area contributed by atoms with Gasteiger partial charge in [0.05, 0.1) is 6.61 Å². The summed E-state index contributed by atoms with van der Waals surface area (Å²) >= 11 is 0. The van der Waals surface area contributed by atoms with E-state index < -0.39 is 0 Å². The average molecular weight is 257 g/mol. The molecule has 3 nitrogen and oxygen atoms in total. The van der Waals surface area contributed by atoms with Gasteiger partial charge in [-0.25, -0.2) is 4.79 Å². The van der Waals surface area contributed by atoms with E-state index in [1.54, 1.807) is 0 Å². The first-order chi connectivity index (χ1) is 8.51. The molecule has 0 spiro atoms. The molecule has 1 N–H and O–H groups in total. The van der Waals surface area contributed by atoms with Gasteiger partial charge in [0.1, 0.15) is 0 Å². The van der Waals surface area contributed by atoms with E-state index in [0.29, 0.717) is 19.1 Å². The van der Waals surface area contributed by atoms with Gasteiger partial charge in [0.15, 0.2) is 0 Å². The molecule has 0 radical (unpaired) electrons. The minimum absolute atomic E-state index is 0.278. The van der Waals surface area contributed by atoms with Crippen molar-refractivity contribution >= 4 is 6.09 Å². The summed E-state index contributed by atoms with van der Waals surface area (Å²) in [5.74, 6) is 1.99. The summed E-state index contributed by atoms with van der Waals surface area (Å²) in [6.45, 7) is 12.2. The zero-order valence-electron chi connectivity index (χ0n) is 12.8. The summed E-state index contributed by atoms with van der Waals surface area (Å²) in [4.78, 5) is 11.3. The lowest BCUT2D eigenvalue weighted by Crippen LogP contribution is -2.26. The molecule has 108 valence electrons. The van der Waals surface area contributed by atoms with Crippen LogP contribution in [0.5, 0.6) is 0 Å². The lowest BCUT2D eigenvalue weighted by molar-refractivity contribution is 0.125. The number of rotatable bonds is 9. The summed E-state index contributed by atoms with van der Waals surface area (Å²) in [5, 5.41) is 2.72. The second kappa shape index (κ2) is 10.2. The van der Waals surface area contributed by atoms with Crippen molar-refractivity contribution in [1.29, 1.82) is 0 Å². The molecule has 2 atom stereocenters. The van der Waals surface area contributed by atoms with Crippen LogP contribution in [-0.2, 0) is 4.74 Å². The Labute approximate surface area is 113 Å². The van der Waals surface area contributed by atoms with Crippen molar-refractivity contribution in [2.24, 2.45) is 17.8 Å². The van der Waals surface area contributed by atoms with Gasteiger partial charge in [-0.3, -0.25) is 0 Å². The molecule has 0 aromatic rings. The monoisotopic (exact) mass is 257 g/mol. The maximum atomic E-state index is 11.3. The van der Waals surface area contributed by atoms with Crippen LogP contribution in [-0.4, -0.2) is 19.2 Å². The van der Waals surface area contributed by atoms with E-state index in [9.17, 15) is 4.79 Å². The fourth-order valence-electron chi connectivity index (χ4n) is 2.09. The molecular formula is C15H31NO2. The summed E-state index contributed by atoms with van der Waals surface area (Å²) < 4.78 is 5.18. The molecule has 0 aliphatic rings. The zero-order chi connectivity index (χ0) is 14.0. The molecule has 1 amide bonds. The second-order valence-electron chi connectivity index (χ2n) is 5.62. The molecule has 0 aliphatic heterocycles. The van der Waals surface area contributed by atoms with Gasteiger partial charge in [-0.15, -0.1) is 0 Å². The Kier molecular flexibility index (Phi) is 9.80. The quantitative estimate of drug-likeness (QED) is 0.671. The first kappa shape index (κ1) is 17.3. The lowest BCUT2D eigenvalue weighted by atomic mass is 9.87. The molecule has 0 aliphatic carbocycles. The molecule has 0 rings (SSSR count). The number of hydrogen-bond donors (Lipinski definition) is 1. The number of nitrogens with one attached hydrogen (secondary N) is 1. The van der Waals surface area contributed by atoms with E-state index in [1.165, 1.54) is 12.8 Å². The van der Waals surface area contributed by atoms with Crippen LogP contribution in [0, 0.1) is 17.8 Å². The third-order valence-corrected chi connectivity index (χ3v) is 3.52. The molecule has 0 heterocycles. The van der Waals surface area contributed by atoms with Crippen LogP contribution in [0.25, 0.3) is 0 Å². The fourth-order valence-corrected chi connectivity index (χ4v) is 2.09. The molecule has 0 saturated heterocycles. The standard InChI is InChI=1S/C15H31NO2/c1-6-10-16-15(17)18-11-13(5)8-9-14(7-2)12(3)4/h12-14H,6-11H2,1-5H3,(H,16,17)/t13?,14-/m0/s1. The van der Waals surface area contributed by atoms with Crippen LogP contribution in [0.3, 0.4) is 0 Å². The van der Waals surface area contributed by atoms with Crippen molar-refractivity contribution in [1.82, 2.24) is 5.32 Å². The van der Waals surface area contributed by atoms with Crippen molar-refractivity contribution in [2.75, 3.05) is 13.2 Å². The fraction of sp³-hybridized carbons (Fsp3) is 0.933. The Morgan fingerprint density at radius 1 is 1.17 bits per heavy atom. The highest BCUT2D eigenvalue weighted by Gasteiger charge is 2.13. The van der Waals surface area contributed by atoms with Gasteiger partial charge in [0, 0.05) is 6.54 Å². The van der Waals surface area contributed by atoms with Gasteiger partial charge in [0.2, 0.25) is 0 Å². The van der Waals surface area contributed by atoms with Gasteiger partial charge in [-0.05, 0) is 37.0 Å². The molecule has 0 aromatic carbocycles. The summed E-state index contributed by atoms with van der Waals surface area (Å²) in [6, 6.07) is 0. The average Bonchev–Trinajstić information content (AvgIpc) is 2.34. The van der Waals surface area contributed by atoms with Crippen LogP contribution in [0.15, 0.2) is 0 Å². The van der Waals surface area contributed by atoms with Crippen molar-refractivity contribution in [2.45, 2.75) is 60.3 Å². The van der Waals surface area contributed by atoms with Crippen molar-refractivity contribution in [3.8, 4) is 0 Å². The van der Waals surface area contributed by atoms with Crippen LogP contribution in [0.2, 0.25) is 0 Å². The number of amides is 1. The number of carbonyl (C=O) groups is 1. The predicted molar refractivity (Wildman–Crippen MR) is 76.7 cm³/mol. The van der Waals surface area contributed by atoms with Crippen molar-refractivity contribution < 1.29 is 9.53 Å². The predicted octanol–water partition coefficient (Wildman–Crippen LogP) is 4.22. The van der Waals surface area contributed by atoms with Crippen LogP contribution >= 0.6 is 0 Å². The Morgan fingerprint density at radius 2 is 1.83 bits per heavy atom. The Hall–Kier alpha value is -0.730. The number of hydrogen-bond acceptors (Lipinski definition) is 2. The van der Waals surface area contributed by atoms with Crippen LogP contribution < -0.4 is 5.32 Å². The maximum Gasteiger partial charge on any atom is 0.407 e. The summed E-state index contributed by atoms with van der Waals surface area (Å²) in [5.41, 5.74) is 0. The highest BCUT2D eigenvalue weighted by atomic mass is 16.5. The molecule has 3 heteroatoms. The molecule has 0 bridgehead atoms. The van der Waals surface area contributed by atoms with E-state index in [2.05, 4.69) is 33.0 Å². The van der Waals surface area contributed by atoms with E-state index in [4.69, 9.17) is 4.74 Å². The molecule has 1 unspecified atom stereocenters. The highest BCUT2D eigenvalue weighted by Crippen LogP contribution is 2.23. The Morgan fingerprint density at radius 3 is 2.33 bits per heavy atom. The third-order valence-electron chi connectivity index (χ3n) is 3.52. The topological polar surface area (TPSA) is 38.3 Å². The van der Waals surface area contributed by atoms with E-state index >= 15 is 0 Å². The molecule has 18 heavy (non-hydrogen) atoms. The van der Waals surface area contributed by atoms with Crippen LogP contribution in [0.1, 0.15) is 60.3 Å². The van der Waals surface area contributed by atoms with Crippen molar-refractivity contribution in [3.05, 3.63) is 0 Å². The smallest absolute Gasteiger partial charge is 0.407 e. The largest absolute Gasteiger partial charge is 0.449 e. The van der Waals surface area contributed by atoms with Crippen LogP contribution in [0.4, 0.5) is 4.79 Å². The number of carbonyl (C=O) groups excluding carboxylic acids is 1. The number of alkyl carbamates (subject to hydrolysis) is 1. The summed E-state index contributed by atoms with van der Waals surface area (Å²) in [6.07, 6.45) is 4.27. The minimum atomic E-state index is -0.278. The minimum Gasteiger partial charge on any atom is -0.449 e. The second-order valence-corrected chi connectivity index (χ2v) is 5.62. The molecule has 0 saturated carbocycles. The van der Waals surface area contributed by atoms with Crippen molar-refractivity contribution in [3.63, 3.8) is 0 Å². The van der Waals surface area contributed by atoms with E-state index in [-0.39, 0.29) is 6.09 Å². The maximum absolute atomic E-state index is 11.3. The third kappa shape index (κ3) is 8.37. The van der Waals surface area contributed by atoms with E-state index in [1.807, 2.05) is 6.92 Å². The Bertz CT molecular complexity index is 217. The highest BCUT2D eigenvalue weighted by molar-refractivity contribution is 5.66.